The van der Waals surface area contributed by atoms with E-state index in [1.165, 1.54) is 30.3 Å². The fourth-order valence-electron chi connectivity index (χ4n) is 4.69. The lowest BCUT2D eigenvalue weighted by Gasteiger charge is -2.20. The highest BCUT2D eigenvalue weighted by molar-refractivity contribution is 7.16. The summed E-state index contributed by atoms with van der Waals surface area (Å²) in [6, 6.07) is 3.61. The normalized spacial score (nSPS) is 16.3. The Bertz CT molecular complexity index is 1590. The number of esters is 1. The number of nitrogens with zero attached hydrogens (tertiary/aromatic N) is 4. The number of unbranched alkanes of at least 4 members (excludes halogenated alkanes) is 1. The fraction of sp³-hybridized carbons (Fsp3) is 0.483. The predicted octanol–water partition coefficient (Wildman–Crippen LogP) is 4.04. The average molecular weight is 640 g/mol. The number of fused-ring (bicyclic) bond motifs is 1. The molecule has 3 aromatic rings. The Morgan fingerprint density at radius 3 is 2.70 bits per heavy atom. The first-order valence-corrected chi connectivity index (χ1v) is 14.9. The number of hydrogen-bond acceptors (Lipinski definition) is 8. The number of methoxy groups -OCH3 is 1. The van der Waals surface area contributed by atoms with Crippen LogP contribution in [0, 0.1) is 0 Å². The molecule has 1 saturated heterocycles. The second-order valence-corrected chi connectivity index (χ2v) is 11.3. The van der Waals surface area contributed by atoms with E-state index in [0.29, 0.717) is 37.5 Å². The molecule has 0 aliphatic carbocycles. The van der Waals surface area contributed by atoms with Gasteiger partial charge in [0, 0.05) is 19.2 Å². The first-order chi connectivity index (χ1) is 20.9. The number of pyridine rings is 1. The molecule has 4 rings (SSSR count). The number of aromatic nitrogens is 2. The molecule has 1 fully saturated rings. The van der Waals surface area contributed by atoms with Crippen LogP contribution in [-0.2, 0) is 33.7 Å². The van der Waals surface area contributed by atoms with E-state index in [4.69, 9.17) is 14.2 Å². The molecule has 0 radical (unpaired) electrons. The monoisotopic (exact) mass is 639 g/mol. The number of aryl methyl sites for hydroxylation is 1. The number of ether oxygens (including phenoxy) is 3. The van der Waals surface area contributed by atoms with Gasteiger partial charge in [-0.05, 0) is 44.4 Å². The standard InChI is InChI=1S/C29H34F3N4O7S/c1-4-5-11-35-22-15-34(17-43-28(40)36-12-6-7-21(36)26(39)41-3)13-10-24(22)44-27(35)33-25(38)20-14-19(29(30,31)32)8-9-23(20)42-16-18(2)37/h8-10,13-15,18,21,37H,4-7,11-12,16-17H2,1-3H3/q+1/t18-,21-/m0/s1. The minimum atomic E-state index is -4.69. The minimum absolute atomic E-state index is 0.124. The van der Waals surface area contributed by atoms with Crippen LogP contribution in [0.5, 0.6) is 5.75 Å². The Hall–Kier alpha value is -3.98. The Labute approximate surface area is 255 Å². The molecule has 2 aromatic heterocycles. The predicted molar refractivity (Wildman–Crippen MR) is 152 cm³/mol. The van der Waals surface area contributed by atoms with E-state index in [1.807, 2.05) is 6.92 Å². The van der Waals surface area contributed by atoms with Crippen molar-refractivity contribution in [3.63, 3.8) is 0 Å². The summed E-state index contributed by atoms with van der Waals surface area (Å²) in [5.41, 5.74) is -0.732. The lowest BCUT2D eigenvalue weighted by Crippen LogP contribution is -2.44. The van der Waals surface area contributed by atoms with Gasteiger partial charge in [-0.25, -0.2) is 9.59 Å². The quantitative estimate of drug-likeness (QED) is 0.262. The highest BCUT2D eigenvalue weighted by Gasteiger charge is 2.36. The summed E-state index contributed by atoms with van der Waals surface area (Å²) < 4.78 is 60.3. The van der Waals surface area contributed by atoms with Crippen LogP contribution >= 0.6 is 11.3 Å². The second-order valence-electron chi connectivity index (χ2n) is 10.3. The molecule has 1 N–H and O–H groups in total. The summed E-state index contributed by atoms with van der Waals surface area (Å²) in [4.78, 5) is 43.9. The van der Waals surface area contributed by atoms with Gasteiger partial charge >= 0.3 is 18.2 Å². The third-order valence-corrected chi connectivity index (χ3v) is 7.99. The lowest BCUT2D eigenvalue weighted by molar-refractivity contribution is -0.726. The number of amides is 2. The molecule has 0 saturated carbocycles. The highest BCUT2D eigenvalue weighted by Crippen LogP contribution is 2.33. The zero-order valence-corrected chi connectivity index (χ0v) is 25.3. The van der Waals surface area contributed by atoms with Gasteiger partial charge in [0.1, 0.15) is 23.9 Å². The van der Waals surface area contributed by atoms with Crippen molar-refractivity contribution in [1.82, 2.24) is 9.47 Å². The van der Waals surface area contributed by atoms with Crippen molar-refractivity contribution in [2.24, 2.45) is 4.99 Å². The van der Waals surface area contributed by atoms with E-state index in [2.05, 4.69) is 4.99 Å². The van der Waals surface area contributed by atoms with E-state index < -0.39 is 41.9 Å². The van der Waals surface area contributed by atoms with E-state index in [-0.39, 0.29) is 29.5 Å². The molecule has 11 nitrogen and oxygen atoms in total. The van der Waals surface area contributed by atoms with E-state index in [1.54, 1.807) is 27.6 Å². The molecule has 1 aliphatic heterocycles. The van der Waals surface area contributed by atoms with Crippen LogP contribution in [0.25, 0.3) is 10.2 Å². The van der Waals surface area contributed by atoms with Crippen molar-refractivity contribution >= 4 is 39.5 Å². The van der Waals surface area contributed by atoms with E-state index >= 15 is 0 Å². The molecule has 238 valence electrons. The third kappa shape index (κ3) is 7.75. The van der Waals surface area contributed by atoms with Gasteiger partial charge in [-0.1, -0.05) is 24.7 Å². The highest BCUT2D eigenvalue weighted by atomic mass is 32.1. The van der Waals surface area contributed by atoms with Crippen molar-refractivity contribution in [3.8, 4) is 5.75 Å². The molecule has 2 amide bonds. The number of aliphatic hydroxyl groups excluding tert-OH is 1. The molecule has 0 unspecified atom stereocenters. The number of likely N-dealkylation sites (tertiary alicyclic amines) is 1. The Kier molecular flexibility index (Phi) is 10.6. The summed E-state index contributed by atoms with van der Waals surface area (Å²) in [7, 11) is 1.27. The zero-order chi connectivity index (χ0) is 32.0. The minimum Gasteiger partial charge on any atom is -0.490 e. The van der Waals surface area contributed by atoms with Crippen LogP contribution in [-0.4, -0.2) is 65.0 Å². The van der Waals surface area contributed by atoms with Crippen LogP contribution in [0.3, 0.4) is 0 Å². The molecule has 44 heavy (non-hydrogen) atoms. The number of benzene rings is 1. The summed E-state index contributed by atoms with van der Waals surface area (Å²) in [6.45, 7) is 3.90. The molecule has 0 spiro atoms. The third-order valence-electron chi connectivity index (χ3n) is 6.93. The molecule has 0 bridgehead atoms. The number of aliphatic hydroxyl groups is 1. The van der Waals surface area contributed by atoms with Gasteiger partial charge in [-0.15, -0.1) is 0 Å². The van der Waals surface area contributed by atoms with Gasteiger partial charge in [0.15, 0.2) is 17.2 Å². The number of hydrogen-bond donors (Lipinski definition) is 1. The second kappa shape index (κ2) is 14.2. The molecule has 3 heterocycles. The maximum Gasteiger partial charge on any atom is 0.416 e. The fourth-order valence-corrected chi connectivity index (χ4v) is 5.71. The molecule has 2 atom stereocenters. The van der Waals surface area contributed by atoms with Gasteiger partial charge < -0.3 is 23.9 Å². The number of thiazole rings is 1. The maximum atomic E-state index is 13.5. The van der Waals surface area contributed by atoms with Crippen molar-refractivity contribution in [2.45, 2.75) is 71.1 Å². The number of carbonyl (C=O) groups excluding carboxylic acids is 3. The number of carbonyl (C=O) groups is 3. The van der Waals surface area contributed by atoms with Crippen LogP contribution in [0.1, 0.15) is 55.5 Å². The number of halogens is 3. The zero-order valence-electron chi connectivity index (χ0n) is 24.5. The molecule has 1 aliphatic rings. The summed E-state index contributed by atoms with van der Waals surface area (Å²) in [5, 5.41) is 9.59. The molecular weight excluding hydrogens is 605 g/mol. The van der Waals surface area contributed by atoms with Gasteiger partial charge in [0.05, 0.1) is 29.0 Å². The van der Waals surface area contributed by atoms with Gasteiger partial charge in [0.2, 0.25) is 0 Å². The lowest BCUT2D eigenvalue weighted by atomic mass is 10.1. The Morgan fingerprint density at radius 2 is 2.02 bits per heavy atom. The topological polar surface area (TPSA) is 124 Å². The Balaban J connectivity index is 1.65. The molecular formula is C29H34F3N4O7S+. The summed E-state index contributed by atoms with van der Waals surface area (Å²) >= 11 is 1.18. The van der Waals surface area contributed by atoms with Crippen molar-refractivity contribution in [2.75, 3.05) is 20.3 Å². The number of rotatable bonds is 10. The van der Waals surface area contributed by atoms with Crippen molar-refractivity contribution < 1.29 is 51.4 Å². The van der Waals surface area contributed by atoms with Gasteiger partial charge in [0.25, 0.3) is 12.6 Å². The Morgan fingerprint density at radius 1 is 1.25 bits per heavy atom. The smallest absolute Gasteiger partial charge is 0.416 e. The van der Waals surface area contributed by atoms with Gasteiger partial charge in [-0.2, -0.15) is 22.7 Å². The van der Waals surface area contributed by atoms with Crippen LogP contribution < -0.4 is 14.1 Å². The molecule has 1 aromatic carbocycles. The average Bonchev–Trinajstić information content (AvgIpc) is 3.61. The first kappa shape index (κ1) is 32.9. The summed E-state index contributed by atoms with van der Waals surface area (Å²) in [5.74, 6) is -1.55. The number of alkyl halides is 3. The van der Waals surface area contributed by atoms with E-state index in [9.17, 15) is 32.7 Å². The van der Waals surface area contributed by atoms with Gasteiger partial charge in [-0.3, -0.25) is 9.69 Å². The van der Waals surface area contributed by atoms with Crippen molar-refractivity contribution in [3.05, 3.63) is 52.6 Å². The van der Waals surface area contributed by atoms with Crippen LogP contribution in [0.2, 0.25) is 0 Å². The van der Waals surface area contributed by atoms with Crippen LogP contribution in [0.15, 0.2) is 41.7 Å². The van der Waals surface area contributed by atoms with Crippen LogP contribution in [0.4, 0.5) is 18.0 Å². The van der Waals surface area contributed by atoms with E-state index in [0.717, 1.165) is 29.7 Å². The maximum absolute atomic E-state index is 13.5. The first-order valence-electron chi connectivity index (χ1n) is 14.1. The molecule has 15 heteroatoms. The van der Waals surface area contributed by atoms with Crippen molar-refractivity contribution in [1.29, 1.82) is 0 Å². The SMILES string of the molecule is CCCCn1c(=NC(=O)c2cc(C(F)(F)F)ccc2OC[C@H](C)O)sc2cc[n+](COC(=O)N3CCC[C@H]3C(=O)OC)cc21. The summed E-state index contributed by atoms with van der Waals surface area (Å²) in [6.07, 6.45) is -0.148. The largest absolute Gasteiger partial charge is 0.490 e.